The van der Waals surface area contributed by atoms with Gasteiger partial charge >= 0.3 is 0 Å². The Labute approximate surface area is 152 Å². The minimum absolute atomic E-state index is 0.0181. The second-order valence-corrected chi connectivity index (χ2v) is 6.57. The zero-order chi connectivity index (χ0) is 18.5. The molecule has 6 nitrogen and oxygen atoms in total. The van der Waals surface area contributed by atoms with Gasteiger partial charge in [0.25, 0.3) is 5.91 Å². The summed E-state index contributed by atoms with van der Waals surface area (Å²) < 4.78 is 4.93. The van der Waals surface area contributed by atoms with Crippen molar-refractivity contribution in [3.05, 3.63) is 58.5 Å². The van der Waals surface area contributed by atoms with Crippen LogP contribution in [0.3, 0.4) is 0 Å². The molecule has 1 amide bonds. The Kier molecular flexibility index (Phi) is 5.37. The summed E-state index contributed by atoms with van der Waals surface area (Å²) >= 11 is 0. The van der Waals surface area contributed by atoms with Gasteiger partial charge in [0, 0.05) is 12.3 Å². The van der Waals surface area contributed by atoms with Crippen molar-refractivity contribution in [2.24, 2.45) is 0 Å². The molecule has 2 N–H and O–H groups in total. The first-order valence-corrected chi connectivity index (χ1v) is 8.79. The Bertz CT molecular complexity index is 876. The lowest BCUT2D eigenvalue weighted by atomic mass is 9.89. The highest BCUT2D eigenvalue weighted by atomic mass is 16.5. The summed E-state index contributed by atoms with van der Waals surface area (Å²) in [6.45, 7) is 3.69. The van der Waals surface area contributed by atoms with Gasteiger partial charge in [-0.3, -0.25) is 4.79 Å². The molecule has 1 aromatic heterocycles. The molecule has 1 unspecified atom stereocenters. The molecule has 3 rings (SSSR count). The fraction of sp³-hybridized carbons (Fsp3) is 0.350. The molecule has 1 aliphatic rings. The summed E-state index contributed by atoms with van der Waals surface area (Å²) in [5, 5.41) is 18.7. The van der Waals surface area contributed by atoms with Crippen LogP contribution in [0.2, 0.25) is 0 Å². The number of aryl methyl sites for hydroxylation is 3. The van der Waals surface area contributed by atoms with Gasteiger partial charge in [-0.1, -0.05) is 23.4 Å². The van der Waals surface area contributed by atoms with Gasteiger partial charge < -0.3 is 15.2 Å². The summed E-state index contributed by atoms with van der Waals surface area (Å²) in [4.78, 5) is 12.4. The summed E-state index contributed by atoms with van der Waals surface area (Å²) in [6.07, 6.45) is 6.02. The third-order valence-corrected chi connectivity index (χ3v) is 4.58. The minimum atomic E-state index is -0.426. The average molecular weight is 350 g/mol. The Balaban J connectivity index is 1.66. The third-order valence-electron chi connectivity index (χ3n) is 4.58. The number of hydrogen-bond acceptors (Lipinski definition) is 5. The highest BCUT2D eigenvalue weighted by molar-refractivity contribution is 5.97. The maximum atomic E-state index is 12.4. The molecular weight excluding hydrogens is 328 g/mol. The van der Waals surface area contributed by atoms with E-state index in [4.69, 9.17) is 4.52 Å². The summed E-state index contributed by atoms with van der Waals surface area (Å²) in [6, 6.07) is 9.80. The molecule has 2 aromatic rings. The second-order valence-electron chi connectivity index (χ2n) is 6.57. The van der Waals surface area contributed by atoms with E-state index in [1.54, 1.807) is 13.0 Å². The van der Waals surface area contributed by atoms with Gasteiger partial charge in [-0.05, 0) is 56.2 Å². The quantitative estimate of drug-likeness (QED) is 0.635. The van der Waals surface area contributed by atoms with Crippen LogP contribution in [0.4, 0.5) is 5.82 Å². The first kappa shape index (κ1) is 17.7. The van der Waals surface area contributed by atoms with Crippen LogP contribution >= 0.6 is 0 Å². The van der Waals surface area contributed by atoms with Crippen LogP contribution in [0.25, 0.3) is 0 Å². The van der Waals surface area contributed by atoms with Crippen molar-refractivity contribution in [1.82, 2.24) is 10.5 Å². The first-order valence-electron chi connectivity index (χ1n) is 8.79. The van der Waals surface area contributed by atoms with Crippen LogP contribution in [0.1, 0.15) is 48.3 Å². The molecule has 134 valence electrons. The van der Waals surface area contributed by atoms with E-state index in [9.17, 15) is 10.1 Å². The Morgan fingerprint density at radius 2 is 2.08 bits per heavy atom. The largest absolute Gasteiger partial charge is 0.360 e. The van der Waals surface area contributed by atoms with Gasteiger partial charge in [0.1, 0.15) is 17.4 Å². The number of benzene rings is 1. The monoisotopic (exact) mass is 350 g/mol. The van der Waals surface area contributed by atoms with Crippen molar-refractivity contribution in [3.63, 3.8) is 0 Å². The number of rotatable bonds is 5. The van der Waals surface area contributed by atoms with Crippen molar-refractivity contribution < 1.29 is 9.32 Å². The van der Waals surface area contributed by atoms with E-state index >= 15 is 0 Å². The van der Waals surface area contributed by atoms with Gasteiger partial charge in [-0.15, -0.1) is 0 Å². The summed E-state index contributed by atoms with van der Waals surface area (Å²) in [7, 11) is 0. The number of aromatic nitrogens is 1. The van der Waals surface area contributed by atoms with E-state index in [0.717, 1.165) is 18.4 Å². The van der Waals surface area contributed by atoms with Crippen LogP contribution in [-0.2, 0) is 17.6 Å². The normalized spacial score (nSPS) is 14.9. The highest BCUT2D eigenvalue weighted by Gasteiger charge is 2.16. The summed E-state index contributed by atoms with van der Waals surface area (Å²) in [5.41, 5.74) is 3.81. The fourth-order valence-electron chi connectivity index (χ4n) is 3.11. The molecule has 1 aromatic carbocycles. The Morgan fingerprint density at radius 3 is 2.77 bits per heavy atom. The fourth-order valence-corrected chi connectivity index (χ4v) is 3.11. The molecule has 6 heteroatoms. The van der Waals surface area contributed by atoms with Crippen LogP contribution in [-0.4, -0.2) is 11.1 Å². The van der Waals surface area contributed by atoms with E-state index in [-0.39, 0.29) is 11.6 Å². The topological polar surface area (TPSA) is 91.0 Å². The van der Waals surface area contributed by atoms with Crippen molar-refractivity contribution in [2.75, 3.05) is 5.32 Å². The average Bonchev–Trinajstić information content (AvgIpc) is 3.07. The zero-order valence-electron chi connectivity index (χ0n) is 15.0. The number of anilines is 1. The van der Waals surface area contributed by atoms with E-state index in [0.29, 0.717) is 11.6 Å². The number of carbonyl (C=O) groups is 1. The number of hydrogen-bond donors (Lipinski definition) is 2. The standard InChI is InChI=1S/C20H22N4O2/c1-13-9-19(24-26-13)22-12-18(11-21)20(25)23-14(2)16-8-7-15-5-3-4-6-17(15)10-16/h7-10,12,14H,3-6H2,1-2H3,(H,22,24)(H,23,25)/b18-12-. The Hall–Kier alpha value is -3.07. The molecular formula is C20H22N4O2. The molecule has 0 fully saturated rings. The molecule has 1 aliphatic carbocycles. The minimum Gasteiger partial charge on any atom is -0.360 e. The van der Waals surface area contributed by atoms with Gasteiger partial charge in [-0.2, -0.15) is 5.26 Å². The van der Waals surface area contributed by atoms with Gasteiger partial charge in [0.05, 0.1) is 6.04 Å². The van der Waals surface area contributed by atoms with E-state index in [2.05, 4.69) is 34.0 Å². The van der Waals surface area contributed by atoms with Gasteiger partial charge in [0.2, 0.25) is 0 Å². The molecule has 0 spiro atoms. The summed E-state index contributed by atoms with van der Waals surface area (Å²) in [5.74, 6) is 0.668. The van der Waals surface area contributed by atoms with E-state index < -0.39 is 5.91 Å². The number of fused-ring (bicyclic) bond motifs is 1. The predicted molar refractivity (Wildman–Crippen MR) is 98.2 cm³/mol. The lowest BCUT2D eigenvalue weighted by Crippen LogP contribution is -2.28. The second kappa shape index (κ2) is 7.87. The molecule has 26 heavy (non-hydrogen) atoms. The molecule has 0 bridgehead atoms. The van der Waals surface area contributed by atoms with Crippen molar-refractivity contribution in [2.45, 2.75) is 45.6 Å². The number of nitrogens with zero attached hydrogens (tertiary/aromatic N) is 2. The number of amides is 1. The molecule has 0 saturated heterocycles. The molecule has 1 atom stereocenters. The van der Waals surface area contributed by atoms with Crippen LogP contribution in [0.15, 0.2) is 40.6 Å². The van der Waals surface area contributed by atoms with E-state index in [1.807, 2.05) is 13.0 Å². The molecule has 0 radical (unpaired) electrons. The maximum Gasteiger partial charge on any atom is 0.263 e. The van der Waals surface area contributed by atoms with Crippen molar-refractivity contribution >= 4 is 11.7 Å². The van der Waals surface area contributed by atoms with Crippen LogP contribution in [0, 0.1) is 18.3 Å². The zero-order valence-corrected chi connectivity index (χ0v) is 15.0. The van der Waals surface area contributed by atoms with Crippen molar-refractivity contribution in [1.29, 1.82) is 5.26 Å². The SMILES string of the molecule is Cc1cc(N/C=C(/C#N)C(=O)NC(C)c2ccc3c(c2)CCCC3)no1. The van der Waals surface area contributed by atoms with Crippen molar-refractivity contribution in [3.8, 4) is 6.07 Å². The first-order chi connectivity index (χ1) is 12.6. The van der Waals surface area contributed by atoms with Gasteiger partial charge in [0.15, 0.2) is 5.82 Å². The smallest absolute Gasteiger partial charge is 0.263 e. The number of carbonyl (C=O) groups excluding carboxylic acids is 1. The van der Waals surface area contributed by atoms with E-state index in [1.165, 1.54) is 30.2 Å². The number of nitriles is 1. The Morgan fingerprint density at radius 1 is 1.31 bits per heavy atom. The third kappa shape index (κ3) is 4.12. The van der Waals surface area contributed by atoms with Crippen LogP contribution in [0.5, 0.6) is 0 Å². The van der Waals surface area contributed by atoms with Gasteiger partial charge in [-0.25, -0.2) is 0 Å². The molecule has 0 aliphatic heterocycles. The molecule has 0 saturated carbocycles. The lowest BCUT2D eigenvalue weighted by Gasteiger charge is -2.20. The highest BCUT2D eigenvalue weighted by Crippen LogP contribution is 2.24. The van der Waals surface area contributed by atoms with Crippen LogP contribution < -0.4 is 10.6 Å². The number of nitrogens with one attached hydrogen (secondary N) is 2. The maximum absolute atomic E-state index is 12.4. The molecule has 1 heterocycles. The predicted octanol–water partition coefficient (Wildman–Crippen LogP) is 3.56. The lowest BCUT2D eigenvalue weighted by molar-refractivity contribution is -0.117.